The smallest absolute Gasteiger partial charge is 0.290 e. The second kappa shape index (κ2) is 10.5. The van der Waals surface area contributed by atoms with Gasteiger partial charge in [0.2, 0.25) is 11.7 Å². The lowest BCUT2D eigenvalue weighted by Crippen LogP contribution is -2.54. The van der Waals surface area contributed by atoms with Gasteiger partial charge in [-0.15, -0.1) is 0 Å². The van der Waals surface area contributed by atoms with Gasteiger partial charge in [0.05, 0.1) is 18.2 Å². The first kappa shape index (κ1) is 27.8. The molecule has 208 valence electrons. The van der Waals surface area contributed by atoms with Gasteiger partial charge in [-0.3, -0.25) is 19.2 Å². The van der Waals surface area contributed by atoms with Crippen LogP contribution in [0.3, 0.4) is 0 Å². The van der Waals surface area contributed by atoms with Crippen molar-refractivity contribution in [2.24, 2.45) is 17.6 Å². The standard InChI is InChI=1S/C26H30N4O9/c1-30(2)16-9-13(11-28-25(37)17-3-5-29-39-17)22(34)21-15(16)8-12-7-14(4-6-31)26(38,18(32)10-19(27)33)24(36)20(12)23(21)35/h3,5,9,12,14,31,34,36,38H,4,6-8,10-11H2,1-2H3,(H2,27,33)(H,28,37)/t12-,14-,26-/m1/s1. The molecule has 2 aliphatic carbocycles. The molecule has 1 aromatic carbocycles. The number of Topliss-reactive ketones (excluding diaryl/α,β-unsaturated/α-hetero) is 2. The van der Waals surface area contributed by atoms with Crippen LogP contribution >= 0.6 is 0 Å². The number of hydrogen-bond donors (Lipinski definition) is 6. The van der Waals surface area contributed by atoms with Crippen LogP contribution in [-0.4, -0.2) is 75.3 Å². The Morgan fingerprint density at radius 1 is 1.28 bits per heavy atom. The lowest BCUT2D eigenvalue weighted by Gasteiger charge is -2.44. The zero-order valence-corrected chi connectivity index (χ0v) is 21.4. The molecule has 3 atom stereocenters. The third kappa shape index (κ3) is 4.74. The highest BCUT2D eigenvalue weighted by atomic mass is 16.5. The number of rotatable bonds is 9. The van der Waals surface area contributed by atoms with Crippen molar-refractivity contribution in [3.63, 3.8) is 0 Å². The molecule has 13 nitrogen and oxygen atoms in total. The first-order valence-electron chi connectivity index (χ1n) is 12.3. The minimum atomic E-state index is -2.61. The quantitative estimate of drug-likeness (QED) is 0.234. The topological polar surface area (TPSA) is 217 Å². The number of primary amides is 1. The maximum Gasteiger partial charge on any atom is 0.290 e. The summed E-state index contributed by atoms with van der Waals surface area (Å²) in [5.74, 6) is -6.51. The first-order chi connectivity index (χ1) is 18.4. The van der Waals surface area contributed by atoms with Crippen molar-refractivity contribution in [2.45, 2.75) is 37.8 Å². The molecule has 0 unspecified atom stereocenters. The van der Waals surface area contributed by atoms with Gasteiger partial charge in [0.15, 0.2) is 17.2 Å². The molecular weight excluding hydrogens is 512 g/mol. The van der Waals surface area contributed by atoms with E-state index in [4.69, 9.17) is 10.3 Å². The van der Waals surface area contributed by atoms with Crippen LogP contribution < -0.4 is 16.0 Å². The van der Waals surface area contributed by atoms with E-state index in [2.05, 4.69) is 10.5 Å². The van der Waals surface area contributed by atoms with Gasteiger partial charge in [0, 0.05) is 56.1 Å². The number of anilines is 1. The van der Waals surface area contributed by atoms with E-state index in [9.17, 15) is 39.6 Å². The average molecular weight is 543 g/mol. The summed E-state index contributed by atoms with van der Waals surface area (Å²) in [6.07, 6.45) is 0.570. The van der Waals surface area contributed by atoms with Gasteiger partial charge in [-0.1, -0.05) is 5.16 Å². The Labute approximate surface area is 222 Å². The zero-order valence-electron chi connectivity index (χ0n) is 21.4. The van der Waals surface area contributed by atoms with Crippen molar-refractivity contribution in [3.8, 4) is 5.75 Å². The summed E-state index contributed by atoms with van der Waals surface area (Å²) in [5.41, 5.74) is 3.43. The van der Waals surface area contributed by atoms with E-state index in [1.807, 2.05) is 0 Å². The number of allylic oxidation sites excluding steroid dienone is 1. The molecule has 1 aromatic heterocycles. The number of fused-ring (bicyclic) bond motifs is 2. The minimum absolute atomic E-state index is 0.0474. The zero-order chi connectivity index (χ0) is 28.6. The number of aromatic hydroxyl groups is 1. The maximum atomic E-state index is 13.9. The molecule has 0 spiro atoms. The number of phenolic OH excluding ortho intramolecular Hbond substituents is 1. The molecule has 0 radical (unpaired) electrons. The van der Waals surface area contributed by atoms with Gasteiger partial charge in [0.1, 0.15) is 11.5 Å². The number of carbonyl (C=O) groups is 4. The molecule has 0 fully saturated rings. The SMILES string of the molecule is CN(C)c1cc(CNC(=O)c2ccno2)c(O)c2c1C[C@H]1C[C@@H](CCO)[C@@](O)(C(=O)CC(N)=O)C(O)=C1C2=O. The Kier molecular flexibility index (Phi) is 7.48. The first-order valence-corrected chi connectivity index (χ1v) is 12.3. The predicted octanol–water partition coefficient (Wildman–Crippen LogP) is 0.121. The molecule has 0 bridgehead atoms. The second-order valence-corrected chi connectivity index (χ2v) is 9.98. The van der Waals surface area contributed by atoms with Gasteiger partial charge < -0.3 is 40.9 Å². The van der Waals surface area contributed by atoms with E-state index in [1.165, 1.54) is 12.3 Å². The van der Waals surface area contributed by atoms with Crippen LogP contribution in [0.1, 0.15) is 51.3 Å². The molecule has 7 N–H and O–H groups in total. The molecule has 39 heavy (non-hydrogen) atoms. The Morgan fingerprint density at radius 3 is 2.59 bits per heavy atom. The number of aromatic nitrogens is 1. The van der Waals surface area contributed by atoms with Crippen LogP contribution in [-0.2, 0) is 22.6 Å². The summed E-state index contributed by atoms with van der Waals surface area (Å²) in [6.45, 7) is -0.593. The van der Waals surface area contributed by atoms with E-state index >= 15 is 0 Å². The van der Waals surface area contributed by atoms with Crippen molar-refractivity contribution in [2.75, 3.05) is 25.6 Å². The highest BCUT2D eigenvalue weighted by molar-refractivity contribution is 6.15. The molecule has 13 heteroatoms. The molecular formula is C26H30N4O9. The maximum absolute atomic E-state index is 13.9. The molecule has 2 aliphatic rings. The molecule has 0 saturated carbocycles. The summed E-state index contributed by atoms with van der Waals surface area (Å²) in [4.78, 5) is 52.3. The number of hydrogen-bond acceptors (Lipinski definition) is 11. The highest BCUT2D eigenvalue weighted by Gasteiger charge is 2.55. The predicted molar refractivity (Wildman–Crippen MR) is 135 cm³/mol. The summed E-state index contributed by atoms with van der Waals surface area (Å²) >= 11 is 0. The second-order valence-electron chi connectivity index (χ2n) is 9.98. The van der Waals surface area contributed by atoms with E-state index in [1.54, 1.807) is 25.1 Å². The van der Waals surface area contributed by atoms with Crippen LogP contribution in [0.5, 0.6) is 5.75 Å². The number of nitrogens with two attached hydrogens (primary N) is 1. The minimum Gasteiger partial charge on any atom is -0.508 e. The van der Waals surface area contributed by atoms with Gasteiger partial charge in [-0.25, -0.2) is 0 Å². The Morgan fingerprint density at radius 2 is 2.00 bits per heavy atom. The van der Waals surface area contributed by atoms with Crippen molar-refractivity contribution < 1.29 is 44.1 Å². The fourth-order valence-corrected chi connectivity index (χ4v) is 5.55. The fourth-order valence-electron chi connectivity index (χ4n) is 5.55. The third-order valence-corrected chi connectivity index (χ3v) is 7.39. The van der Waals surface area contributed by atoms with Gasteiger partial charge in [0.25, 0.3) is 5.91 Å². The number of nitrogens with zero attached hydrogens (tertiary/aromatic N) is 2. The van der Waals surface area contributed by atoms with Crippen LogP contribution in [0.25, 0.3) is 0 Å². The molecule has 2 aromatic rings. The van der Waals surface area contributed by atoms with Crippen molar-refractivity contribution in [1.82, 2.24) is 10.5 Å². The number of phenols is 1. The number of aliphatic hydroxyl groups excluding tert-OH is 2. The fraction of sp³-hybridized carbons (Fsp3) is 0.423. The van der Waals surface area contributed by atoms with Crippen LogP contribution in [0.15, 0.2) is 34.2 Å². The molecule has 0 saturated heterocycles. The van der Waals surface area contributed by atoms with Crippen LogP contribution in [0.2, 0.25) is 0 Å². The Bertz CT molecular complexity index is 1370. The van der Waals surface area contributed by atoms with Crippen molar-refractivity contribution in [1.29, 1.82) is 0 Å². The monoisotopic (exact) mass is 542 g/mol. The average Bonchev–Trinajstić information content (AvgIpc) is 3.41. The molecule has 4 rings (SSSR count). The number of ketones is 2. The largest absolute Gasteiger partial charge is 0.508 e. The van der Waals surface area contributed by atoms with E-state index < -0.39 is 65.4 Å². The summed E-state index contributed by atoms with van der Waals surface area (Å²) in [5, 5.41) is 49.4. The van der Waals surface area contributed by atoms with Gasteiger partial charge >= 0.3 is 0 Å². The van der Waals surface area contributed by atoms with Gasteiger partial charge in [-0.2, -0.15) is 0 Å². The highest BCUT2D eigenvalue weighted by Crippen LogP contribution is 2.50. The normalized spacial score (nSPS) is 22.2. The number of amides is 2. The lowest BCUT2D eigenvalue weighted by atomic mass is 9.62. The summed E-state index contributed by atoms with van der Waals surface area (Å²) in [6, 6.07) is 3.00. The van der Waals surface area contributed by atoms with Gasteiger partial charge in [-0.05, 0) is 36.8 Å². The number of aliphatic hydroxyl groups is 3. The van der Waals surface area contributed by atoms with Crippen molar-refractivity contribution in [3.05, 3.63) is 52.1 Å². The number of nitrogens with one attached hydrogen (secondary N) is 1. The summed E-state index contributed by atoms with van der Waals surface area (Å²) < 4.78 is 4.83. The van der Waals surface area contributed by atoms with Crippen LogP contribution in [0.4, 0.5) is 5.69 Å². The number of benzene rings is 1. The summed E-state index contributed by atoms with van der Waals surface area (Å²) in [7, 11) is 3.49. The lowest BCUT2D eigenvalue weighted by molar-refractivity contribution is -0.147. The Balaban J connectivity index is 1.81. The van der Waals surface area contributed by atoms with E-state index in [0.717, 1.165) is 0 Å². The number of carbonyl (C=O) groups excluding carboxylic acids is 4. The van der Waals surface area contributed by atoms with Crippen molar-refractivity contribution >= 4 is 29.1 Å². The third-order valence-electron chi connectivity index (χ3n) is 7.39. The Hall–Kier alpha value is -4.23. The van der Waals surface area contributed by atoms with E-state index in [0.29, 0.717) is 11.3 Å². The molecule has 1 heterocycles. The molecule has 2 amide bonds. The molecule has 0 aliphatic heterocycles. The van der Waals surface area contributed by atoms with E-state index in [-0.39, 0.29) is 48.3 Å². The van der Waals surface area contributed by atoms with Crippen LogP contribution in [0, 0.1) is 11.8 Å².